The van der Waals surface area contributed by atoms with E-state index in [2.05, 4.69) is 124 Å². The van der Waals surface area contributed by atoms with Crippen LogP contribution >= 0.6 is 0 Å². The lowest BCUT2D eigenvalue weighted by Crippen LogP contribution is -2.48. The third-order valence-electron chi connectivity index (χ3n) is 5.15. The van der Waals surface area contributed by atoms with Crippen molar-refractivity contribution in [2.45, 2.75) is 39.3 Å². The molecule has 0 spiro atoms. The molecule has 0 aromatic heterocycles. The minimum atomic E-state index is -1.52. The minimum absolute atomic E-state index is 1.26. The van der Waals surface area contributed by atoms with Gasteiger partial charge in [-0.3, -0.25) is 0 Å². The summed E-state index contributed by atoms with van der Waals surface area (Å²) < 4.78 is 0. The normalized spacial score (nSPS) is 12.5. The maximum atomic E-state index is 2.47. The van der Waals surface area contributed by atoms with Crippen molar-refractivity contribution in [2.75, 3.05) is 0 Å². The summed E-state index contributed by atoms with van der Waals surface area (Å²) in [7, 11) is -3.04. The Morgan fingerprint density at radius 1 is 0.536 bits per heavy atom. The smallest absolute Gasteiger partial charge is 0.0656 e. The lowest BCUT2D eigenvalue weighted by molar-refractivity contribution is 1.60. The Morgan fingerprint density at radius 2 is 1.00 bits per heavy atom. The molecule has 3 rings (SSSR count). The highest BCUT2D eigenvalue weighted by Gasteiger charge is 2.27. The van der Waals surface area contributed by atoms with Crippen LogP contribution in [0.3, 0.4) is 0 Å². The molecule has 0 radical (unpaired) electrons. The van der Waals surface area contributed by atoms with Crippen molar-refractivity contribution >= 4 is 38.7 Å². The highest BCUT2D eigenvalue weighted by molar-refractivity contribution is 6.92. The van der Waals surface area contributed by atoms with Crippen LogP contribution in [-0.2, 0) is 0 Å². The van der Waals surface area contributed by atoms with Crippen molar-refractivity contribution < 1.29 is 0 Å². The van der Waals surface area contributed by atoms with Crippen molar-refractivity contribution in [1.82, 2.24) is 0 Å². The molecule has 0 N–H and O–H groups in total. The molecule has 3 aromatic carbocycles. The fourth-order valence-corrected chi connectivity index (χ4v) is 6.97. The van der Waals surface area contributed by atoms with Crippen molar-refractivity contribution in [3.8, 4) is 11.1 Å². The van der Waals surface area contributed by atoms with E-state index >= 15 is 0 Å². The van der Waals surface area contributed by atoms with Crippen LogP contribution in [0.1, 0.15) is 11.1 Å². The van der Waals surface area contributed by atoms with Gasteiger partial charge in [-0.15, -0.1) is 0 Å². The van der Waals surface area contributed by atoms with Crippen LogP contribution in [0.15, 0.2) is 72.8 Å². The molecule has 2 heteroatoms. The first-order valence-electron chi connectivity index (χ1n) is 10.1. The maximum Gasteiger partial charge on any atom is 0.0784 e. The molecular formula is C26H32Si2. The number of rotatable bonds is 5. The van der Waals surface area contributed by atoms with Crippen LogP contribution in [0.2, 0.25) is 39.3 Å². The van der Waals surface area contributed by atoms with Crippen molar-refractivity contribution in [1.29, 1.82) is 0 Å². The van der Waals surface area contributed by atoms with E-state index in [1.807, 2.05) is 0 Å². The van der Waals surface area contributed by atoms with Crippen LogP contribution in [-0.4, -0.2) is 16.1 Å². The zero-order valence-corrected chi connectivity index (χ0v) is 20.1. The van der Waals surface area contributed by atoms with E-state index < -0.39 is 16.1 Å². The van der Waals surface area contributed by atoms with Crippen molar-refractivity contribution in [2.24, 2.45) is 0 Å². The first kappa shape index (κ1) is 20.6. The SMILES string of the molecule is C[Si](C)(C)c1cc(-c2ccccc2)cc([Si](C)(C)C)c1/C=C/c1ccccc1. The third kappa shape index (κ3) is 4.81. The highest BCUT2D eigenvalue weighted by Crippen LogP contribution is 2.23. The van der Waals surface area contributed by atoms with Gasteiger partial charge in [-0.2, -0.15) is 0 Å². The van der Waals surface area contributed by atoms with Crippen LogP contribution in [0, 0.1) is 0 Å². The van der Waals surface area contributed by atoms with Crippen LogP contribution in [0.5, 0.6) is 0 Å². The van der Waals surface area contributed by atoms with Gasteiger partial charge in [-0.25, -0.2) is 0 Å². The molecule has 0 bridgehead atoms. The molecule has 3 aromatic rings. The molecule has 0 atom stereocenters. The molecule has 0 saturated carbocycles. The average Bonchev–Trinajstić information content (AvgIpc) is 2.66. The standard InChI is InChI=1S/C26H32Si2/c1-27(2,3)25-19-23(22-15-11-8-12-16-22)20-26(28(4,5)6)24(25)18-17-21-13-9-7-10-14-21/h7-20H,1-6H3/b18-17+. The lowest BCUT2D eigenvalue weighted by atomic mass is 10.0. The Kier molecular flexibility index (Phi) is 5.92. The van der Waals surface area contributed by atoms with Gasteiger partial charge in [0.25, 0.3) is 0 Å². The van der Waals surface area contributed by atoms with E-state index in [9.17, 15) is 0 Å². The summed E-state index contributed by atoms with van der Waals surface area (Å²) >= 11 is 0. The predicted octanol–water partition coefficient (Wildman–Crippen LogP) is 6.61. The van der Waals surface area contributed by atoms with E-state index in [-0.39, 0.29) is 0 Å². The molecule has 0 aliphatic heterocycles. The third-order valence-corrected chi connectivity index (χ3v) is 9.20. The summed E-state index contributed by atoms with van der Waals surface area (Å²) in [6.07, 6.45) is 4.66. The highest BCUT2D eigenvalue weighted by atomic mass is 28.3. The summed E-state index contributed by atoms with van der Waals surface area (Å²) in [6, 6.07) is 26.4. The van der Waals surface area contributed by atoms with Gasteiger partial charge in [0, 0.05) is 0 Å². The van der Waals surface area contributed by atoms with Crippen LogP contribution in [0.4, 0.5) is 0 Å². The maximum absolute atomic E-state index is 2.47. The summed E-state index contributed by atoms with van der Waals surface area (Å²) in [5, 5.41) is 3.14. The molecule has 0 aliphatic rings. The summed E-state index contributed by atoms with van der Waals surface area (Å²) in [4.78, 5) is 0. The molecule has 0 aliphatic carbocycles. The van der Waals surface area contributed by atoms with Crippen molar-refractivity contribution in [3.63, 3.8) is 0 Å². The Bertz CT molecular complexity index is 922. The average molecular weight is 401 g/mol. The number of hydrogen-bond acceptors (Lipinski definition) is 0. The molecule has 0 nitrogen and oxygen atoms in total. The quantitative estimate of drug-likeness (QED) is 0.334. The van der Waals surface area contributed by atoms with E-state index in [1.165, 1.54) is 22.3 Å². The molecule has 0 amide bonds. The Balaban J connectivity index is 2.25. The van der Waals surface area contributed by atoms with E-state index in [0.717, 1.165) is 0 Å². The molecule has 28 heavy (non-hydrogen) atoms. The largest absolute Gasteiger partial charge is 0.0784 e. The first-order valence-corrected chi connectivity index (χ1v) is 17.1. The zero-order chi connectivity index (χ0) is 20.4. The van der Waals surface area contributed by atoms with Gasteiger partial charge in [0.1, 0.15) is 0 Å². The molecule has 0 saturated heterocycles. The molecule has 0 heterocycles. The first-order chi connectivity index (χ1) is 13.2. The van der Waals surface area contributed by atoms with Gasteiger partial charge >= 0.3 is 0 Å². The fourth-order valence-electron chi connectivity index (χ4n) is 3.61. The van der Waals surface area contributed by atoms with Gasteiger partial charge in [-0.1, -0.05) is 135 Å². The monoisotopic (exact) mass is 400 g/mol. The zero-order valence-electron chi connectivity index (χ0n) is 18.1. The minimum Gasteiger partial charge on any atom is -0.0656 e. The number of hydrogen-bond donors (Lipinski definition) is 0. The second-order valence-corrected chi connectivity index (χ2v) is 19.7. The second-order valence-electron chi connectivity index (χ2n) is 9.60. The van der Waals surface area contributed by atoms with Gasteiger partial charge < -0.3 is 0 Å². The van der Waals surface area contributed by atoms with Gasteiger partial charge in [0.05, 0.1) is 16.1 Å². The molecule has 144 valence electrons. The molecular weight excluding hydrogens is 368 g/mol. The Morgan fingerprint density at radius 3 is 1.46 bits per heavy atom. The van der Waals surface area contributed by atoms with E-state index in [1.54, 1.807) is 10.4 Å². The van der Waals surface area contributed by atoms with Crippen LogP contribution < -0.4 is 10.4 Å². The summed E-state index contributed by atoms with van der Waals surface area (Å²) in [5.74, 6) is 0. The van der Waals surface area contributed by atoms with E-state index in [0.29, 0.717) is 0 Å². The van der Waals surface area contributed by atoms with Gasteiger partial charge in [-0.05, 0) is 22.3 Å². The van der Waals surface area contributed by atoms with Gasteiger partial charge in [0.15, 0.2) is 0 Å². The van der Waals surface area contributed by atoms with Gasteiger partial charge in [0.2, 0.25) is 0 Å². The summed E-state index contributed by atoms with van der Waals surface area (Å²) in [6.45, 7) is 14.8. The second kappa shape index (κ2) is 8.06. The Labute approximate surface area is 173 Å². The van der Waals surface area contributed by atoms with E-state index in [4.69, 9.17) is 0 Å². The topological polar surface area (TPSA) is 0 Å². The fraction of sp³-hybridized carbons (Fsp3) is 0.231. The summed E-state index contributed by atoms with van der Waals surface area (Å²) in [5.41, 5.74) is 5.42. The lowest BCUT2D eigenvalue weighted by Gasteiger charge is -2.28. The molecule has 0 fully saturated rings. The number of benzene rings is 3. The predicted molar refractivity (Wildman–Crippen MR) is 133 cm³/mol. The molecule has 0 unspecified atom stereocenters. The van der Waals surface area contributed by atoms with Crippen molar-refractivity contribution in [3.05, 3.63) is 83.9 Å². The Hall–Kier alpha value is -2.17. The van der Waals surface area contributed by atoms with Crippen LogP contribution in [0.25, 0.3) is 23.3 Å².